The van der Waals surface area contributed by atoms with Gasteiger partial charge in [-0.05, 0) is 59.5 Å². The normalized spacial score (nSPS) is 19.4. The molecule has 0 saturated heterocycles. The number of fused-ring (bicyclic) bond motifs is 2. The van der Waals surface area contributed by atoms with Gasteiger partial charge in [0.15, 0.2) is 6.23 Å². The summed E-state index contributed by atoms with van der Waals surface area (Å²) < 4.78 is 6.12. The first-order valence-electron chi connectivity index (χ1n) is 11.4. The topological polar surface area (TPSA) is 62.2 Å². The number of aryl methyl sites for hydroxylation is 1. The van der Waals surface area contributed by atoms with Crippen molar-refractivity contribution in [2.45, 2.75) is 39.3 Å². The Hall–Kier alpha value is -3.67. The highest BCUT2D eigenvalue weighted by molar-refractivity contribution is 6.06. The quantitative estimate of drug-likeness (QED) is 0.587. The molecule has 2 aliphatic heterocycles. The van der Waals surface area contributed by atoms with Crippen LogP contribution < -0.4 is 9.64 Å². The van der Waals surface area contributed by atoms with Crippen molar-refractivity contribution in [3.8, 4) is 5.75 Å². The molecule has 6 nitrogen and oxygen atoms in total. The highest BCUT2D eigenvalue weighted by Gasteiger charge is 2.32. The lowest BCUT2D eigenvalue weighted by atomic mass is 9.90. The SMILES string of the molecule is CC1CC(=O)N(C(C)Oc2ccc3ccccc3c2)N=C1c1ccc2c(c1)CCC(=O)N2C. The standard InChI is InChI=1S/C27H27N3O3/c1-17-14-26(32)30(18(2)33-23-11-8-19-6-4-5-7-20(19)16-23)28-27(17)22-9-12-24-21(15-22)10-13-25(31)29(24)3/h4-9,11-12,15-18H,10,13-14H2,1-3H3. The van der Waals surface area contributed by atoms with Crippen LogP contribution in [0.1, 0.15) is 37.8 Å². The zero-order chi connectivity index (χ0) is 23.1. The summed E-state index contributed by atoms with van der Waals surface area (Å²) in [4.78, 5) is 26.6. The van der Waals surface area contributed by atoms with Crippen molar-refractivity contribution in [2.24, 2.45) is 11.0 Å². The molecule has 0 bridgehead atoms. The summed E-state index contributed by atoms with van der Waals surface area (Å²) in [6, 6.07) is 20.1. The molecule has 0 N–H and O–H groups in total. The second kappa shape index (κ2) is 8.35. The van der Waals surface area contributed by atoms with Gasteiger partial charge in [-0.25, -0.2) is 0 Å². The molecule has 0 aliphatic carbocycles. The Labute approximate surface area is 193 Å². The predicted octanol–water partition coefficient (Wildman–Crippen LogP) is 4.75. The van der Waals surface area contributed by atoms with E-state index in [1.807, 2.05) is 69.4 Å². The molecule has 0 aromatic heterocycles. The van der Waals surface area contributed by atoms with E-state index in [0.29, 0.717) is 18.6 Å². The van der Waals surface area contributed by atoms with Crippen molar-refractivity contribution in [3.63, 3.8) is 0 Å². The highest BCUT2D eigenvalue weighted by Crippen LogP contribution is 2.31. The number of benzene rings is 3. The van der Waals surface area contributed by atoms with Gasteiger partial charge in [0.1, 0.15) is 5.75 Å². The zero-order valence-corrected chi connectivity index (χ0v) is 19.1. The number of rotatable bonds is 4. The number of anilines is 1. The summed E-state index contributed by atoms with van der Waals surface area (Å²) in [6.07, 6.45) is 1.07. The Morgan fingerprint density at radius 3 is 2.58 bits per heavy atom. The lowest BCUT2D eigenvalue weighted by Crippen LogP contribution is -2.43. The molecule has 2 amide bonds. The van der Waals surface area contributed by atoms with Crippen molar-refractivity contribution < 1.29 is 14.3 Å². The van der Waals surface area contributed by atoms with E-state index < -0.39 is 6.23 Å². The number of carbonyl (C=O) groups is 2. The van der Waals surface area contributed by atoms with Gasteiger partial charge in [-0.15, -0.1) is 0 Å². The minimum atomic E-state index is -0.539. The minimum Gasteiger partial charge on any atom is -0.469 e. The Balaban J connectivity index is 1.42. The molecule has 0 radical (unpaired) electrons. The molecule has 6 heteroatoms. The van der Waals surface area contributed by atoms with Crippen molar-refractivity contribution in [3.05, 3.63) is 71.8 Å². The maximum absolute atomic E-state index is 12.8. The van der Waals surface area contributed by atoms with Gasteiger partial charge in [0, 0.05) is 31.5 Å². The average molecular weight is 442 g/mol. The van der Waals surface area contributed by atoms with E-state index in [9.17, 15) is 9.59 Å². The second-order valence-corrected chi connectivity index (χ2v) is 8.85. The van der Waals surface area contributed by atoms with Crippen LogP contribution >= 0.6 is 0 Å². The van der Waals surface area contributed by atoms with Crippen LogP contribution in [0.25, 0.3) is 10.8 Å². The number of ether oxygens (including phenoxy) is 1. The van der Waals surface area contributed by atoms with Crippen molar-refractivity contribution in [2.75, 3.05) is 11.9 Å². The Kier molecular flexibility index (Phi) is 5.36. The Bertz CT molecular complexity index is 1280. The average Bonchev–Trinajstić information content (AvgIpc) is 2.81. The van der Waals surface area contributed by atoms with E-state index in [2.05, 4.69) is 12.1 Å². The Morgan fingerprint density at radius 2 is 1.76 bits per heavy atom. The van der Waals surface area contributed by atoms with Crippen LogP contribution in [-0.2, 0) is 16.0 Å². The Morgan fingerprint density at radius 1 is 0.970 bits per heavy atom. The molecule has 3 aromatic rings. The van der Waals surface area contributed by atoms with Crippen LogP contribution in [0.3, 0.4) is 0 Å². The second-order valence-electron chi connectivity index (χ2n) is 8.85. The smallest absolute Gasteiger partial charge is 0.246 e. The number of hydrogen-bond donors (Lipinski definition) is 0. The van der Waals surface area contributed by atoms with Crippen LogP contribution in [0, 0.1) is 5.92 Å². The molecule has 2 atom stereocenters. The fraction of sp³-hybridized carbons (Fsp3) is 0.296. The maximum Gasteiger partial charge on any atom is 0.246 e. The molecule has 2 aliphatic rings. The van der Waals surface area contributed by atoms with Gasteiger partial charge in [-0.3, -0.25) is 9.59 Å². The minimum absolute atomic E-state index is 0.00243. The summed E-state index contributed by atoms with van der Waals surface area (Å²) in [5.74, 6) is 0.784. The fourth-order valence-electron chi connectivity index (χ4n) is 4.65. The maximum atomic E-state index is 12.8. The van der Waals surface area contributed by atoms with E-state index in [-0.39, 0.29) is 17.7 Å². The van der Waals surface area contributed by atoms with Crippen LogP contribution in [-0.4, -0.2) is 35.8 Å². The van der Waals surface area contributed by atoms with Crippen LogP contribution in [0.5, 0.6) is 5.75 Å². The summed E-state index contributed by atoms with van der Waals surface area (Å²) in [7, 11) is 1.81. The molecule has 0 fully saturated rings. The lowest BCUT2D eigenvalue weighted by molar-refractivity contribution is -0.140. The molecule has 33 heavy (non-hydrogen) atoms. The molecule has 0 saturated carbocycles. The fourth-order valence-corrected chi connectivity index (χ4v) is 4.65. The van der Waals surface area contributed by atoms with Gasteiger partial charge in [0.05, 0.1) is 5.71 Å². The van der Waals surface area contributed by atoms with Gasteiger partial charge in [0.2, 0.25) is 11.8 Å². The number of amides is 2. The third-order valence-corrected chi connectivity index (χ3v) is 6.51. The van der Waals surface area contributed by atoms with Gasteiger partial charge in [-0.1, -0.05) is 43.3 Å². The van der Waals surface area contributed by atoms with E-state index in [0.717, 1.165) is 39.7 Å². The van der Waals surface area contributed by atoms with E-state index in [4.69, 9.17) is 9.84 Å². The zero-order valence-electron chi connectivity index (χ0n) is 19.1. The molecular weight excluding hydrogens is 414 g/mol. The van der Waals surface area contributed by atoms with Crippen molar-refractivity contribution in [1.82, 2.24) is 5.01 Å². The van der Waals surface area contributed by atoms with Gasteiger partial charge in [0.25, 0.3) is 0 Å². The molecule has 2 unspecified atom stereocenters. The van der Waals surface area contributed by atoms with E-state index >= 15 is 0 Å². The molecule has 5 rings (SSSR count). The third-order valence-electron chi connectivity index (χ3n) is 6.51. The summed E-state index contributed by atoms with van der Waals surface area (Å²) in [6.45, 7) is 3.87. The molecule has 3 aromatic carbocycles. The molecular formula is C27H27N3O3. The van der Waals surface area contributed by atoms with Crippen LogP contribution in [0.4, 0.5) is 5.69 Å². The van der Waals surface area contributed by atoms with Gasteiger partial charge in [-0.2, -0.15) is 10.1 Å². The predicted molar refractivity (Wildman–Crippen MR) is 129 cm³/mol. The van der Waals surface area contributed by atoms with Gasteiger partial charge < -0.3 is 9.64 Å². The summed E-state index contributed by atoms with van der Waals surface area (Å²) >= 11 is 0. The van der Waals surface area contributed by atoms with E-state index in [1.54, 1.807) is 4.90 Å². The van der Waals surface area contributed by atoms with Crippen molar-refractivity contribution in [1.29, 1.82) is 0 Å². The highest BCUT2D eigenvalue weighted by atomic mass is 16.5. The monoisotopic (exact) mass is 441 g/mol. The number of nitrogens with zero attached hydrogens (tertiary/aromatic N) is 3. The first-order chi connectivity index (χ1) is 15.9. The number of hydrogen-bond acceptors (Lipinski definition) is 4. The van der Waals surface area contributed by atoms with Gasteiger partial charge >= 0.3 is 0 Å². The van der Waals surface area contributed by atoms with Crippen molar-refractivity contribution >= 4 is 34.0 Å². The number of hydrazone groups is 1. The first kappa shape index (κ1) is 21.2. The van der Waals surface area contributed by atoms with E-state index in [1.165, 1.54) is 5.01 Å². The summed E-state index contributed by atoms with van der Waals surface area (Å²) in [5, 5.41) is 8.43. The number of carbonyl (C=O) groups excluding carboxylic acids is 2. The lowest BCUT2D eigenvalue weighted by Gasteiger charge is -2.32. The summed E-state index contributed by atoms with van der Waals surface area (Å²) in [5.41, 5.74) is 3.93. The first-order valence-corrected chi connectivity index (χ1v) is 11.4. The molecule has 2 heterocycles. The molecule has 168 valence electrons. The molecule has 0 spiro atoms. The van der Waals surface area contributed by atoms with Crippen LogP contribution in [0.2, 0.25) is 0 Å². The van der Waals surface area contributed by atoms with Crippen LogP contribution in [0.15, 0.2) is 65.8 Å². The largest absolute Gasteiger partial charge is 0.469 e. The third kappa shape index (κ3) is 3.97.